The molecule has 2 aromatic carbocycles. The fourth-order valence-corrected chi connectivity index (χ4v) is 4.67. The molecular weight excluding hydrogens is 464 g/mol. The summed E-state index contributed by atoms with van der Waals surface area (Å²) in [5.41, 5.74) is 3.25. The van der Waals surface area contributed by atoms with E-state index in [1.165, 1.54) is 21.3 Å². The fraction of sp³-hybridized carbons (Fsp3) is 0.407. The summed E-state index contributed by atoms with van der Waals surface area (Å²) in [6.07, 6.45) is 3.35. The summed E-state index contributed by atoms with van der Waals surface area (Å²) in [4.78, 5) is 30.1. The Kier molecular flexibility index (Phi) is 7.57. The normalized spacial score (nSPS) is 15.0. The number of carbonyl (C=O) groups is 2. The van der Waals surface area contributed by atoms with Crippen LogP contribution in [0.5, 0.6) is 28.7 Å². The number of ether oxygens (including phenoxy) is 5. The summed E-state index contributed by atoms with van der Waals surface area (Å²) in [6, 6.07) is 7.15. The van der Waals surface area contributed by atoms with Gasteiger partial charge in [-0.1, -0.05) is 0 Å². The van der Waals surface area contributed by atoms with Crippen molar-refractivity contribution in [2.45, 2.75) is 12.8 Å². The van der Waals surface area contributed by atoms with Crippen LogP contribution in [0.1, 0.15) is 27.9 Å². The van der Waals surface area contributed by atoms with Gasteiger partial charge in [0.05, 0.1) is 41.1 Å². The minimum atomic E-state index is -0.174. The van der Waals surface area contributed by atoms with Gasteiger partial charge in [0.1, 0.15) is 5.75 Å². The minimum Gasteiger partial charge on any atom is -0.496 e. The Balaban J connectivity index is 1.46. The highest BCUT2D eigenvalue weighted by atomic mass is 16.5. The number of methoxy groups -OCH3 is 5. The molecule has 1 fully saturated rings. The molecule has 1 heterocycles. The monoisotopic (exact) mass is 496 g/mol. The molecule has 0 atom stereocenters. The molecule has 9 heteroatoms. The van der Waals surface area contributed by atoms with E-state index >= 15 is 0 Å². The smallest absolute Gasteiger partial charge is 0.257 e. The predicted molar refractivity (Wildman–Crippen MR) is 134 cm³/mol. The van der Waals surface area contributed by atoms with Crippen molar-refractivity contribution < 1.29 is 33.3 Å². The lowest BCUT2D eigenvalue weighted by Gasteiger charge is -2.36. The van der Waals surface area contributed by atoms with Crippen LogP contribution in [0.2, 0.25) is 0 Å². The van der Waals surface area contributed by atoms with Crippen LogP contribution in [0, 0.1) is 0 Å². The van der Waals surface area contributed by atoms with Gasteiger partial charge in [-0.2, -0.15) is 0 Å². The van der Waals surface area contributed by atoms with Crippen LogP contribution in [0.3, 0.4) is 0 Å². The number of aryl methyl sites for hydroxylation is 1. The standard InChI is InChI=1S/C27H32N2O7/c1-32-21-16-25(36-5)24(35-4)15-20(21)27(31)29-10-8-28(9-11-29)26(30)18-7-6-17-13-22(33-2)23(34-3)14-19(17)12-18/h12-16H,6-11H2,1-5H3. The second kappa shape index (κ2) is 10.8. The summed E-state index contributed by atoms with van der Waals surface area (Å²) in [6.45, 7) is 1.76. The molecule has 192 valence electrons. The van der Waals surface area contributed by atoms with Crippen molar-refractivity contribution >= 4 is 17.9 Å². The van der Waals surface area contributed by atoms with E-state index in [2.05, 4.69) is 0 Å². The molecule has 0 saturated carbocycles. The van der Waals surface area contributed by atoms with Crippen LogP contribution in [-0.4, -0.2) is 83.3 Å². The van der Waals surface area contributed by atoms with Gasteiger partial charge >= 0.3 is 0 Å². The molecule has 2 amide bonds. The summed E-state index contributed by atoms with van der Waals surface area (Å²) >= 11 is 0. The Morgan fingerprint density at radius 1 is 0.611 bits per heavy atom. The van der Waals surface area contributed by atoms with E-state index in [1.807, 2.05) is 23.1 Å². The first-order chi connectivity index (χ1) is 17.4. The van der Waals surface area contributed by atoms with Crippen LogP contribution in [-0.2, 0) is 11.2 Å². The van der Waals surface area contributed by atoms with Gasteiger partial charge < -0.3 is 33.5 Å². The Bertz CT molecular complexity index is 1180. The maximum atomic E-state index is 13.3. The molecule has 0 bridgehead atoms. The third-order valence-corrected chi connectivity index (χ3v) is 6.70. The highest BCUT2D eigenvalue weighted by Gasteiger charge is 2.29. The largest absolute Gasteiger partial charge is 0.496 e. The number of hydrogen-bond donors (Lipinski definition) is 0. The molecule has 1 aliphatic carbocycles. The molecule has 36 heavy (non-hydrogen) atoms. The molecule has 0 radical (unpaired) electrons. The van der Waals surface area contributed by atoms with Gasteiger partial charge in [-0.3, -0.25) is 9.59 Å². The van der Waals surface area contributed by atoms with Crippen LogP contribution < -0.4 is 23.7 Å². The van der Waals surface area contributed by atoms with E-state index < -0.39 is 0 Å². The lowest BCUT2D eigenvalue weighted by molar-refractivity contribution is -0.128. The Labute approximate surface area is 211 Å². The topological polar surface area (TPSA) is 86.8 Å². The average Bonchev–Trinajstić information content (AvgIpc) is 2.94. The number of piperazine rings is 1. The SMILES string of the molecule is COc1cc2c(cc1OC)CCC(C(=O)N1CCN(C(=O)c3cc(OC)c(OC)cc3OC)CC1)=C2. The van der Waals surface area contributed by atoms with E-state index in [4.69, 9.17) is 23.7 Å². The van der Waals surface area contributed by atoms with E-state index in [9.17, 15) is 9.59 Å². The first-order valence-electron chi connectivity index (χ1n) is 11.8. The van der Waals surface area contributed by atoms with E-state index in [0.717, 1.165) is 23.1 Å². The van der Waals surface area contributed by atoms with Crippen molar-refractivity contribution in [3.8, 4) is 28.7 Å². The van der Waals surface area contributed by atoms with E-state index in [0.29, 0.717) is 66.9 Å². The summed E-state index contributed by atoms with van der Waals surface area (Å²) in [5.74, 6) is 2.51. The van der Waals surface area contributed by atoms with Crippen molar-refractivity contribution in [3.05, 3.63) is 46.5 Å². The Morgan fingerprint density at radius 2 is 1.11 bits per heavy atom. The van der Waals surface area contributed by atoms with Crippen molar-refractivity contribution in [1.82, 2.24) is 9.80 Å². The summed E-state index contributed by atoms with van der Waals surface area (Å²) in [7, 11) is 7.78. The number of nitrogens with zero attached hydrogens (tertiary/aromatic N) is 2. The van der Waals surface area contributed by atoms with Gasteiger partial charge in [0.15, 0.2) is 23.0 Å². The number of rotatable bonds is 7. The third-order valence-electron chi connectivity index (χ3n) is 6.70. The molecule has 0 unspecified atom stereocenters. The first-order valence-corrected chi connectivity index (χ1v) is 11.8. The van der Waals surface area contributed by atoms with Gasteiger partial charge in [0.25, 0.3) is 5.91 Å². The maximum Gasteiger partial charge on any atom is 0.257 e. The summed E-state index contributed by atoms with van der Waals surface area (Å²) < 4.78 is 26.9. The number of carbonyl (C=O) groups excluding carboxylic acids is 2. The zero-order valence-electron chi connectivity index (χ0n) is 21.4. The lowest BCUT2D eigenvalue weighted by atomic mass is 9.91. The zero-order chi connectivity index (χ0) is 25.8. The molecule has 2 aromatic rings. The van der Waals surface area contributed by atoms with Crippen molar-refractivity contribution in [2.75, 3.05) is 61.7 Å². The van der Waals surface area contributed by atoms with Crippen LogP contribution in [0.15, 0.2) is 29.8 Å². The van der Waals surface area contributed by atoms with Crippen molar-refractivity contribution in [2.24, 2.45) is 0 Å². The molecule has 0 N–H and O–H groups in total. The van der Waals surface area contributed by atoms with E-state index in [-0.39, 0.29) is 11.8 Å². The predicted octanol–water partition coefficient (Wildman–Crippen LogP) is 3.04. The second-order valence-corrected chi connectivity index (χ2v) is 8.57. The van der Waals surface area contributed by atoms with Crippen LogP contribution in [0.25, 0.3) is 6.08 Å². The molecule has 0 aromatic heterocycles. The molecule has 2 aliphatic rings. The average molecular weight is 497 g/mol. The molecule has 1 aliphatic heterocycles. The molecule has 0 spiro atoms. The zero-order valence-corrected chi connectivity index (χ0v) is 21.4. The highest BCUT2D eigenvalue weighted by Crippen LogP contribution is 2.37. The van der Waals surface area contributed by atoms with Crippen molar-refractivity contribution in [3.63, 3.8) is 0 Å². The molecule has 1 saturated heterocycles. The Morgan fingerprint density at radius 3 is 1.69 bits per heavy atom. The van der Waals surface area contributed by atoms with Gasteiger partial charge in [0.2, 0.25) is 5.91 Å². The number of amides is 2. The fourth-order valence-electron chi connectivity index (χ4n) is 4.67. The molecular formula is C27H32N2O7. The lowest BCUT2D eigenvalue weighted by Crippen LogP contribution is -2.51. The third kappa shape index (κ3) is 4.78. The number of hydrogen-bond acceptors (Lipinski definition) is 7. The minimum absolute atomic E-state index is 0.00577. The van der Waals surface area contributed by atoms with Crippen LogP contribution in [0.4, 0.5) is 0 Å². The quantitative estimate of drug-likeness (QED) is 0.582. The first kappa shape index (κ1) is 25.2. The maximum absolute atomic E-state index is 13.3. The van der Waals surface area contributed by atoms with Gasteiger partial charge in [-0.25, -0.2) is 0 Å². The molecule has 9 nitrogen and oxygen atoms in total. The number of fused-ring (bicyclic) bond motifs is 1. The Hall–Kier alpha value is -3.88. The second-order valence-electron chi connectivity index (χ2n) is 8.57. The van der Waals surface area contributed by atoms with Gasteiger partial charge in [-0.15, -0.1) is 0 Å². The number of benzene rings is 2. The highest BCUT2D eigenvalue weighted by molar-refractivity contribution is 6.00. The summed E-state index contributed by atoms with van der Waals surface area (Å²) in [5, 5.41) is 0. The van der Waals surface area contributed by atoms with Crippen molar-refractivity contribution in [1.29, 1.82) is 0 Å². The van der Waals surface area contributed by atoms with Gasteiger partial charge in [0, 0.05) is 43.9 Å². The van der Waals surface area contributed by atoms with Gasteiger partial charge in [-0.05, 0) is 42.2 Å². The molecule has 4 rings (SSSR count). The van der Waals surface area contributed by atoms with E-state index in [1.54, 1.807) is 31.3 Å². The van der Waals surface area contributed by atoms with Crippen LogP contribution >= 0.6 is 0 Å².